The molecule has 1 aromatic carbocycles. The molecule has 0 heterocycles. The molecule has 0 aliphatic rings. The third kappa shape index (κ3) is 3.00. The van der Waals surface area contributed by atoms with Crippen LogP contribution >= 0.6 is 0 Å². The summed E-state index contributed by atoms with van der Waals surface area (Å²) >= 11 is 0. The summed E-state index contributed by atoms with van der Waals surface area (Å²) in [4.78, 5) is 10.9. The molecule has 16 heavy (non-hydrogen) atoms. The normalized spacial score (nSPS) is 14.3. The van der Waals surface area contributed by atoms with Crippen LogP contribution in [0.3, 0.4) is 0 Å². The molecule has 2 atom stereocenters. The molecule has 0 radical (unpaired) electrons. The van der Waals surface area contributed by atoms with Crippen molar-refractivity contribution in [2.24, 2.45) is 0 Å². The van der Waals surface area contributed by atoms with Crippen molar-refractivity contribution in [1.82, 2.24) is 5.32 Å². The summed E-state index contributed by atoms with van der Waals surface area (Å²) in [6.07, 6.45) is -0.895. The average Bonchev–Trinajstić information content (AvgIpc) is 2.18. The van der Waals surface area contributed by atoms with Crippen LogP contribution in [0.4, 0.5) is 8.78 Å². The monoisotopic (exact) mass is 229 g/mol. The van der Waals surface area contributed by atoms with Gasteiger partial charge in [-0.3, -0.25) is 4.79 Å². The molecule has 1 amide bonds. The molecule has 0 saturated carbocycles. The quantitative estimate of drug-likeness (QED) is 0.825. The van der Waals surface area contributed by atoms with Crippen molar-refractivity contribution in [3.05, 3.63) is 35.4 Å². The zero-order valence-electron chi connectivity index (χ0n) is 9.00. The van der Waals surface area contributed by atoms with Gasteiger partial charge < -0.3 is 10.4 Å². The van der Waals surface area contributed by atoms with Crippen LogP contribution in [0.2, 0.25) is 0 Å². The Balaban J connectivity index is 3.01. The number of carbonyl (C=O) groups is 1. The molecule has 0 aromatic heterocycles. The lowest BCUT2D eigenvalue weighted by Gasteiger charge is -2.21. The van der Waals surface area contributed by atoms with Gasteiger partial charge in [0.05, 0.1) is 12.1 Å². The largest absolute Gasteiger partial charge is 0.391 e. The molecular weight excluding hydrogens is 216 g/mol. The lowest BCUT2D eigenvalue weighted by Crippen LogP contribution is -2.33. The molecule has 0 aliphatic heterocycles. The summed E-state index contributed by atoms with van der Waals surface area (Å²) in [5.74, 6) is -2.32. The van der Waals surface area contributed by atoms with Crippen LogP contribution in [0.5, 0.6) is 0 Å². The molecular formula is C11H13F2NO2. The lowest BCUT2D eigenvalue weighted by atomic mass is 10.0. The number of hydrogen-bond acceptors (Lipinski definition) is 2. The second-order valence-corrected chi connectivity index (χ2v) is 3.59. The molecule has 0 aliphatic carbocycles. The highest BCUT2D eigenvalue weighted by molar-refractivity contribution is 5.73. The second-order valence-electron chi connectivity index (χ2n) is 3.59. The maximum Gasteiger partial charge on any atom is 0.217 e. The number of amides is 1. The van der Waals surface area contributed by atoms with E-state index in [4.69, 9.17) is 0 Å². The van der Waals surface area contributed by atoms with Gasteiger partial charge >= 0.3 is 0 Å². The number of aliphatic hydroxyl groups excluding tert-OH is 1. The maximum atomic E-state index is 13.0. The Morgan fingerprint density at radius 2 is 2.00 bits per heavy atom. The Bertz CT molecular complexity index is 394. The van der Waals surface area contributed by atoms with Gasteiger partial charge in [-0.05, 0) is 24.6 Å². The first-order chi connectivity index (χ1) is 7.41. The zero-order valence-corrected chi connectivity index (χ0v) is 9.00. The Morgan fingerprint density at radius 3 is 2.44 bits per heavy atom. The fourth-order valence-electron chi connectivity index (χ4n) is 1.41. The molecule has 88 valence electrons. The molecule has 1 rings (SSSR count). The highest BCUT2D eigenvalue weighted by Gasteiger charge is 2.19. The van der Waals surface area contributed by atoms with Gasteiger partial charge in [0.1, 0.15) is 0 Å². The standard InChI is InChI=1S/C11H13F2NO2/c1-6(15)11(14-7(2)16)8-3-4-9(12)10(13)5-8/h3-6,11,15H,1-2H3,(H,14,16). The van der Waals surface area contributed by atoms with E-state index in [-0.39, 0.29) is 5.91 Å². The minimum atomic E-state index is -1.01. The zero-order chi connectivity index (χ0) is 12.3. The molecule has 2 unspecified atom stereocenters. The first-order valence-corrected chi connectivity index (χ1v) is 4.82. The molecule has 0 fully saturated rings. The first-order valence-electron chi connectivity index (χ1n) is 4.82. The van der Waals surface area contributed by atoms with Crippen molar-refractivity contribution >= 4 is 5.91 Å². The average molecular weight is 229 g/mol. The van der Waals surface area contributed by atoms with Crippen LogP contribution in [-0.2, 0) is 4.79 Å². The van der Waals surface area contributed by atoms with Crippen LogP contribution < -0.4 is 5.32 Å². The predicted molar refractivity (Wildman–Crippen MR) is 54.6 cm³/mol. The summed E-state index contributed by atoms with van der Waals surface area (Å²) in [5.41, 5.74) is 0.323. The Hall–Kier alpha value is -1.49. The van der Waals surface area contributed by atoms with Crippen molar-refractivity contribution in [1.29, 1.82) is 0 Å². The van der Waals surface area contributed by atoms with E-state index in [2.05, 4.69) is 5.32 Å². The Morgan fingerprint density at radius 1 is 1.38 bits per heavy atom. The van der Waals surface area contributed by atoms with Crippen LogP contribution in [0.25, 0.3) is 0 Å². The van der Waals surface area contributed by atoms with Gasteiger partial charge in [0.2, 0.25) is 5.91 Å². The van der Waals surface area contributed by atoms with Crippen molar-refractivity contribution < 1.29 is 18.7 Å². The van der Waals surface area contributed by atoms with Crippen LogP contribution in [0.15, 0.2) is 18.2 Å². The number of benzene rings is 1. The van der Waals surface area contributed by atoms with E-state index in [0.29, 0.717) is 5.56 Å². The van der Waals surface area contributed by atoms with E-state index in [0.717, 1.165) is 12.1 Å². The molecule has 0 saturated heterocycles. The molecule has 2 N–H and O–H groups in total. The summed E-state index contributed by atoms with van der Waals surface area (Å²) in [6.45, 7) is 2.75. The molecule has 1 aromatic rings. The number of hydrogen-bond donors (Lipinski definition) is 2. The first kappa shape index (κ1) is 12.6. The Labute approximate surface area is 92.1 Å². The van der Waals surface area contributed by atoms with Gasteiger partial charge in [-0.15, -0.1) is 0 Å². The number of carbonyl (C=O) groups excluding carboxylic acids is 1. The van der Waals surface area contributed by atoms with Crippen LogP contribution in [0, 0.1) is 11.6 Å². The maximum absolute atomic E-state index is 13.0. The third-order valence-electron chi connectivity index (χ3n) is 2.14. The number of halogens is 2. The van der Waals surface area contributed by atoms with E-state index in [1.807, 2.05) is 0 Å². The van der Waals surface area contributed by atoms with Crippen molar-refractivity contribution in [3.63, 3.8) is 0 Å². The van der Waals surface area contributed by atoms with Crippen LogP contribution in [0.1, 0.15) is 25.5 Å². The van der Waals surface area contributed by atoms with Gasteiger partial charge in [0.15, 0.2) is 11.6 Å². The molecule has 5 heteroatoms. The highest BCUT2D eigenvalue weighted by atomic mass is 19.2. The van der Waals surface area contributed by atoms with E-state index in [9.17, 15) is 18.7 Å². The van der Waals surface area contributed by atoms with Crippen LogP contribution in [-0.4, -0.2) is 17.1 Å². The van der Waals surface area contributed by atoms with Gasteiger partial charge in [-0.25, -0.2) is 8.78 Å². The van der Waals surface area contributed by atoms with Gasteiger partial charge in [-0.1, -0.05) is 6.07 Å². The minimum Gasteiger partial charge on any atom is -0.391 e. The molecule has 3 nitrogen and oxygen atoms in total. The van der Waals surface area contributed by atoms with E-state index < -0.39 is 23.8 Å². The number of aliphatic hydroxyl groups is 1. The minimum absolute atomic E-state index is 0.323. The van der Waals surface area contributed by atoms with Crippen molar-refractivity contribution in [2.75, 3.05) is 0 Å². The fraction of sp³-hybridized carbons (Fsp3) is 0.364. The van der Waals surface area contributed by atoms with Gasteiger partial charge in [0, 0.05) is 6.92 Å². The second kappa shape index (κ2) is 5.03. The molecule has 0 bridgehead atoms. The SMILES string of the molecule is CC(=O)NC(c1ccc(F)c(F)c1)C(C)O. The highest BCUT2D eigenvalue weighted by Crippen LogP contribution is 2.19. The summed E-state index contributed by atoms with van der Waals surface area (Å²) in [5, 5.41) is 11.9. The number of nitrogens with one attached hydrogen (secondary N) is 1. The van der Waals surface area contributed by atoms with E-state index in [1.165, 1.54) is 19.9 Å². The smallest absolute Gasteiger partial charge is 0.217 e. The van der Waals surface area contributed by atoms with Gasteiger partial charge in [0.25, 0.3) is 0 Å². The third-order valence-corrected chi connectivity index (χ3v) is 2.14. The number of rotatable bonds is 3. The van der Waals surface area contributed by atoms with Crippen molar-refractivity contribution in [3.8, 4) is 0 Å². The summed E-state index contributed by atoms with van der Waals surface area (Å²) in [6, 6.07) is 2.50. The predicted octanol–water partition coefficient (Wildman–Crippen LogP) is 1.52. The topological polar surface area (TPSA) is 49.3 Å². The van der Waals surface area contributed by atoms with E-state index in [1.54, 1.807) is 0 Å². The van der Waals surface area contributed by atoms with E-state index >= 15 is 0 Å². The lowest BCUT2D eigenvalue weighted by molar-refractivity contribution is -0.120. The Kier molecular flexibility index (Phi) is 3.95. The van der Waals surface area contributed by atoms with Gasteiger partial charge in [-0.2, -0.15) is 0 Å². The summed E-state index contributed by atoms with van der Waals surface area (Å²) in [7, 11) is 0. The summed E-state index contributed by atoms with van der Waals surface area (Å²) < 4.78 is 25.7. The molecule has 0 spiro atoms. The van der Waals surface area contributed by atoms with Crippen molar-refractivity contribution in [2.45, 2.75) is 26.0 Å². The fourth-order valence-corrected chi connectivity index (χ4v) is 1.41.